The van der Waals surface area contributed by atoms with Gasteiger partial charge in [-0.15, -0.1) is 0 Å². The molecule has 0 radical (unpaired) electrons. The summed E-state index contributed by atoms with van der Waals surface area (Å²) in [6.45, 7) is 0. The maximum absolute atomic E-state index is 10.4. The Kier molecular flexibility index (Phi) is 5.39. The van der Waals surface area contributed by atoms with E-state index in [0.29, 0.717) is 6.42 Å². The van der Waals surface area contributed by atoms with E-state index in [0.717, 1.165) is 12.0 Å². The van der Waals surface area contributed by atoms with Crippen LogP contribution in [0.25, 0.3) is 0 Å². The molecule has 0 amide bonds. The lowest BCUT2D eigenvalue weighted by Crippen LogP contribution is -1.90. The van der Waals surface area contributed by atoms with E-state index in [4.69, 9.17) is 11.6 Å². The molecule has 66 valence electrons. The van der Waals surface area contributed by atoms with Gasteiger partial charge in [-0.1, -0.05) is 37.8 Å². The number of rotatable bonds is 3. The molecule has 0 unspecified atom stereocenters. The van der Waals surface area contributed by atoms with Crippen LogP contribution in [0, 0.1) is 0 Å². The van der Waals surface area contributed by atoms with Crippen LogP contribution < -0.4 is 0 Å². The summed E-state index contributed by atoms with van der Waals surface area (Å²) in [5, 5.41) is -0.270. The van der Waals surface area contributed by atoms with E-state index in [1.807, 2.05) is 30.3 Å². The van der Waals surface area contributed by atoms with Crippen LogP contribution in [-0.4, -0.2) is 5.24 Å². The molecular formula is C10H13ClO. The molecule has 0 saturated heterocycles. The largest absolute Gasteiger partial charge is 0.281 e. The zero-order chi connectivity index (χ0) is 8.10. The van der Waals surface area contributed by atoms with Crippen molar-refractivity contribution in [1.82, 2.24) is 0 Å². The Labute approximate surface area is 78.4 Å². The van der Waals surface area contributed by atoms with Crippen molar-refractivity contribution in [2.75, 3.05) is 0 Å². The molecule has 0 aromatic heterocycles. The van der Waals surface area contributed by atoms with Gasteiger partial charge in [0.2, 0.25) is 5.24 Å². The molecule has 0 heterocycles. The molecule has 0 fully saturated rings. The van der Waals surface area contributed by atoms with Crippen molar-refractivity contribution in [1.29, 1.82) is 0 Å². The van der Waals surface area contributed by atoms with Crippen molar-refractivity contribution in [3.05, 3.63) is 35.9 Å². The fourth-order valence-corrected chi connectivity index (χ4v) is 0.982. The van der Waals surface area contributed by atoms with Crippen molar-refractivity contribution >= 4 is 16.8 Å². The second-order valence-corrected chi connectivity index (χ2v) is 2.76. The van der Waals surface area contributed by atoms with Crippen molar-refractivity contribution in [3.8, 4) is 0 Å². The van der Waals surface area contributed by atoms with Gasteiger partial charge < -0.3 is 0 Å². The third-order valence-electron chi connectivity index (χ3n) is 1.45. The van der Waals surface area contributed by atoms with Crippen LogP contribution in [0.3, 0.4) is 0 Å². The highest BCUT2D eigenvalue weighted by Crippen LogP contribution is 2.03. The summed E-state index contributed by atoms with van der Waals surface area (Å²) in [4.78, 5) is 10.4. The van der Waals surface area contributed by atoms with Crippen LogP contribution in [-0.2, 0) is 11.2 Å². The topological polar surface area (TPSA) is 17.1 Å². The molecule has 0 N–H and O–H groups in total. The van der Waals surface area contributed by atoms with E-state index in [2.05, 4.69) is 0 Å². The first-order valence-electron chi connectivity index (χ1n) is 3.51. The second-order valence-electron chi connectivity index (χ2n) is 2.34. The van der Waals surface area contributed by atoms with Crippen molar-refractivity contribution in [2.45, 2.75) is 20.3 Å². The first kappa shape index (κ1) is 11.2. The monoisotopic (exact) mass is 184 g/mol. The molecule has 1 nitrogen and oxygen atoms in total. The normalized spacial score (nSPS) is 8.75. The molecular weight excluding hydrogens is 172 g/mol. The highest BCUT2D eigenvalue weighted by Gasteiger charge is 1.96. The van der Waals surface area contributed by atoms with Crippen molar-refractivity contribution in [3.63, 3.8) is 0 Å². The first-order chi connectivity index (χ1) is 5.29. The SMILES string of the molecule is C.O=C(Cl)CCc1ccccc1. The molecule has 1 aromatic rings. The highest BCUT2D eigenvalue weighted by molar-refractivity contribution is 6.63. The predicted molar refractivity (Wildman–Crippen MR) is 52.4 cm³/mol. The number of hydrogen-bond acceptors (Lipinski definition) is 1. The smallest absolute Gasteiger partial charge is 0.221 e. The van der Waals surface area contributed by atoms with Gasteiger partial charge in [0, 0.05) is 6.42 Å². The van der Waals surface area contributed by atoms with Gasteiger partial charge in [0.15, 0.2) is 0 Å². The lowest BCUT2D eigenvalue weighted by Gasteiger charge is -1.95. The van der Waals surface area contributed by atoms with Crippen LogP contribution in [0.5, 0.6) is 0 Å². The Morgan fingerprint density at radius 1 is 1.25 bits per heavy atom. The summed E-state index contributed by atoms with van der Waals surface area (Å²) in [5.41, 5.74) is 1.15. The minimum absolute atomic E-state index is 0. The van der Waals surface area contributed by atoms with E-state index in [-0.39, 0.29) is 12.7 Å². The zero-order valence-electron chi connectivity index (χ0n) is 6.09. The van der Waals surface area contributed by atoms with Gasteiger partial charge in [0.05, 0.1) is 0 Å². The Bertz CT molecular complexity index is 231. The van der Waals surface area contributed by atoms with Crippen LogP contribution in [0.4, 0.5) is 0 Å². The Morgan fingerprint density at radius 3 is 2.33 bits per heavy atom. The molecule has 0 spiro atoms. The van der Waals surface area contributed by atoms with Crippen LogP contribution in [0.15, 0.2) is 30.3 Å². The van der Waals surface area contributed by atoms with Gasteiger partial charge >= 0.3 is 0 Å². The fraction of sp³-hybridized carbons (Fsp3) is 0.300. The minimum Gasteiger partial charge on any atom is -0.281 e. The average molecular weight is 185 g/mol. The maximum atomic E-state index is 10.4. The Balaban J connectivity index is 0.00000121. The molecule has 12 heavy (non-hydrogen) atoms. The molecule has 0 aliphatic carbocycles. The highest BCUT2D eigenvalue weighted by atomic mass is 35.5. The molecule has 2 heteroatoms. The Morgan fingerprint density at radius 2 is 1.83 bits per heavy atom. The standard InChI is InChI=1S/C9H9ClO.CH4/c10-9(11)7-6-8-4-2-1-3-5-8;/h1-5H,6-7H2;1H4. The van der Waals surface area contributed by atoms with Crippen LogP contribution in [0.2, 0.25) is 0 Å². The summed E-state index contributed by atoms with van der Waals surface area (Å²) in [5.74, 6) is 0. The molecule has 1 rings (SSSR count). The first-order valence-corrected chi connectivity index (χ1v) is 3.89. The van der Waals surface area contributed by atoms with E-state index in [9.17, 15) is 4.79 Å². The van der Waals surface area contributed by atoms with Gasteiger partial charge in [-0.25, -0.2) is 0 Å². The quantitative estimate of drug-likeness (QED) is 0.660. The van der Waals surface area contributed by atoms with Gasteiger partial charge in [-0.05, 0) is 23.6 Å². The Hall–Kier alpha value is -0.820. The number of benzene rings is 1. The van der Waals surface area contributed by atoms with Gasteiger partial charge in [-0.2, -0.15) is 0 Å². The van der Waals surface area contributed by atoms with E-state index in [1.165, 1.54) is 0 Å². The van der Waals surface area contributed by atoms with E-state index < -0.39 is 0 Å². The number of carbonyl (C=O) groups is 1. The molecule has 0 atom stereocenters. The fourth-order valence-electron chi connectivity index (χ4n) is 0.887. The van der Waals surface area contributed by atoms with E-state index in [1.54, 1.807) is 0 Å². The maximum Gasteiger partial charge on any atom is 0.221 e. The second kappa shape index (κ2) is 5.78. The number of carbonyl (C=O) groups excluding carboxylic acids is 1. The summed E-state index contributed by atoms with van der Waals surface area (Å²) in [6.07, 6.45) is 1.16. The lowest BCUT2D eigenvalue weighted by molar-refractivity contribution is -0.111. The van der Waals surface area contributed by atoms with Crippen LogP contribution >= 0.6 is 11.6 Å². The molecule has 0 aliphatic heterocycles. The van der Waals surface area contributed by atoms with Gasteiger partial charge in [-0.3, -0.25) is 4.79 Å². The predicted octanol–water partition coefficient (Wildman–Crippen LogP) is 3.02. The summed E-state index contributed by atoms with van der Waals surface area (Å²) in [6, 6.07) is 9.83. The third kappa shape index (κ3) is 4.14. The molecule has 0 bridgehead atoms. The van der Waals surface area contributed by atoms with Crippen LogP contribution in [0.1, 0.15) is 19.4 Å². The average Bonchev–Trinajstić information content (AvgIpc) is 2.03. The summed E-state index contributed by atoms with van der Waals surface area (Å²) >= 11 is 5.19. The number of halogens is 1. The number of aryl methyl sites for hydroxylation is 1. The molecule has 0 aliphatic rings. The zero-order valence-corrected chi connectivity index (χ0v) is 6.84. The molecule has 1 aromatic carbocycles. The summed E-state index contributed by atoms with van der Waals surface area (Å²) < 4.78 is 0. The van der Waals surface area contributed by atoms with E-state index >= 15 is 0 Å². The third-order valence-corrected chi connectivity index (χ3v) is 1.64. The number of hydrogen-bond donors (Lipinski definition) is 0. The van der Waals surface area contributed by atoms with Crippen molar-refractivity contribution in [2.24, 2.45) is 0 Å². The lowest BCUT2D eigenvalue weighted by atomic mass is 10.1. The summed E-state index contributed by atoms with van der Waals surface area (Å²) in [7, 11) is 0. The van der Waals surface area contributed by atoms with Gasteiger partial charge in [0.25, 0.3) is 0 Å². The molecule has 0 saturated carbocycles. The van der Waals surface area contributed by atoms with Gasteiger partial charge in [0.1, 0.15) is 0 Å². The minimum atomic E-state index is -0.270. The van der Waals surface area contributed by atoms with Crippen molar-refractivity contribution < 1.29 is 4.79 Å².